The molecule has 190 valence electrons. The minimum Gasteiger partial charge on any atom is -0.491 e. The van der Waals surface area contributed by atoms with Crippen molar-refractivity contribution < 1.29 is 14.3 Å². The minimum atomic E-state index is -0.237. The summed E-state index contributed by atoms with van der Waals surface area (Å²) >= 11 is 1.29. The number of nitrogens with zero attached hydrogens (tertiary/aromatic N) is 4. The van der Waals surface area contributed by atoms with Crippen molar-refractivity contribution in [1.82, 2.24) is 24.8 Å². The summed E-state index contributed by atoms with van der Waals surface area (Å²) < 4.78 is 10.00. The van der Waals surface area contributed by atoms with Crippen molar-refractivity contribution in [2.75, 3.05) is 25.0 Å². The molecule has 2 N–H and O–H groups in total. The zero-order valence-electron chi connectivity index (χ0n) is 20.7. The third-order valence-electron chi connectivity index (χ3n) is 5.96. The van der Waals surface area contributed by atoms with Gasteiger partial charge >= 0.3 is 0 Å². The molecule has 1 aliphatic heterocycles. The van der Waals surface area contributed by atoms with Gasteiger partial charge in [0.2, 0.25) is 5.91 Å². The average Bonchev–Trinajstić information content (AvgIpc) is 3.36. The first-order valence-electron chi connectivity index (χ1n) is 12.3. The second-order valence-electron chi connectivity index (χ2n) is 9.02. The van der Waals surface area contributed by atoms with Crippen molar-refractivity contribution in [3.05, 3.63) is 58.7 Å². The molecule has 0 saturated heterocycles. The lowest BCUT2D eigenvalue weighted by molar-refractivity contribution is -0.122. The monoisotopic (exact) mass is 508 g/mol. The quantitative estimate of drug-likeness (QED) is 0.522. The number of anilines is 2. The summed E-state index contributed by atoms with van der Waals surface area (Å²) in [5, 5.41) is 10.4. The molecule has 0 radical (unpaired) electrons. The number of benzene rings is 1. The standard InChI is InChI=1S/C26H32N6O3S/c1-18(2)24-22(36-31-30-24)16-28-23(33)17-32-14-7-3-4-8-15-35-21-12-6-5-11-20(21)29-25-19(26(32)34)10-9-13-27-25/h5-6,9-13,18H,3-4,7-8,14-17H2,1-2H3,(H,27,29)(H,28,33). The largest absolute Gasteiger partial charge is 0.491 e. The third kappa shape index (κ3) is 6.57. The Balaban J connectivity index is 1.52. The summed E-state index contributed by atoms with van der Waals surface area (Å²) in [7, 11) is 0. The van der Waals surface area contributed by atoms with E-state index in [0.717, 1.165) is 41.9 Å². The lowest BCUT2D eigenvalue weighted by atomic mass is 10.1. The van der Waals surface area contributed by atoms with Crippen molar-refractivity contribution in [3.63, 3.8) is 0 Å². The fourth-order valence-electron chi connectivity index (χ4n) is 4.05. The Morgan fingerprint density at radius 1 is 1.17 bits per heavy atom. The van der Waals surface area contributed by atoms with E-state index in [1.54, 1.807) is 23.2 Å². The van der Waals surface area contributed by atoms with Crippen molar-refractivity contribution in [2.45, 2.75) is 52.0 Å². The molecule has 0 unspecified atom stereocenters. The van der Waals surface area contributed by atoms with Crippen LogP contribution in [-0.4, -0.2) is 51.0 Å². The number of para-hydroxylation sites is 2. The van der Waals surface area contributed by atoms with Crippen molar-refractivity contribution in [1.29, 1.82) is 0 Å². The second-order valence-corrected chi connectivity index (χ2v) is 9.86. The van der Waals surface area contributed by atoms with Crippen LogP contribution in [0.2, 0.25) is 0 Å². The first kappa shape index (κ1) is 25.6. The molecule has 0 aliphatic carbocycles. The number of ether oxygens (including phenoxy) is 1. The summed E-state index contributed by atoms with van der Waals surface area (Å²) in [5.74, 6) is 0.919. The SMILES string of the molecule is CC(C)c1nnsc1CNC(=O)CN1CCCCCCOc2ccccc2Nc2ncccc2C1=O. The summed E-state index contributed by atoms with van der Waals surface area (Å²) in [6, 6.07) is 11.1. The fraction of sp³-hybridized carbons (Fsp3) is 0.423. The van der Waals surface area contributed by atoms with Crippen LogP contribution in [0, 0.1) is 0 Å². The normalized spacial score (nSPS) is 14.8. The predicted octanol–water partition coefficient (Wildman–Crippen LogP) is 4.51. The zero-order valence-corrected chi connectivity index (χ0v) is 21.5. The average molecular weight is 509 g/mol. The van der Waals surface area contributed by atoms with Crippen molar-refractivity contribution in [3.8, 4) is 5.75 Å². The van der Waals surface area contributed by atoms with Gasteiger partial charge in [-0.25, -0.2) is 4.98 Å². The van der Waals surface area contributed by atoms with Crippen molar-refractivity contribution in [2.24, 2.45) is 0 Å². The van der Waals surface area contributed by atoms with E-state index in [2.05, 4.69) is 25.2 Å². The number of aromatic nitrogens is 3. The number of nitrogens with one attached hydrogen (secondary N) is 2. The molecular weight excluding hydrogens is 476 g/mol. The number of rotatable bonds is 5. The van der Waals surface area contributed by atoms with E-state index in [-0.39, 0.29) is 24.3 Å². The first-order valence-corrected chi connectivity index (χ1v) is 13.1. The molecule has 0 atom stereocenters. The predicted molar refractivity (Wildman–Crippen MR) is 140 cm³/mol. The second kappa shape index (κ2) is 12.4. The summed E-state index contributed by atoms with van der Waals surface area (Å²) in [5.41, 5.74) is 2.04. The van der Waals surface area contributed by atoms with Gasteiger partial charge in [0.15, 0.2) is 0 Å². The van der Waals surface area contributed by atoms with Crippen LogP contribution in [0.15, 0.2) is 42.6 Å². The molecular formula is C26H32N6O3S. The van der Waals surface area contributed by atoms with Crippen LogP contribution in [0.5, 0.6) is 5.75 Å². The number of carbonyl (C=O) groups excluding carboxylic acids is 2. The molecule has 0 spiro atoms. The molecule has 0 fully saturated rings. The van der Waals surface area contributed by atoms with Crippen LogP contribution in [0.1, 0.15) is 66.4 Å². The van der Waals surface area contributed by atoms with E-state index in [9.17, 15) is 9.59 Å². The topological polar surface area (TPSA) is 109 Å². The van der Waals surface area contributed by atoms with Crippen LogP contribution in [0.3, 0.4) is 0 Å². The van der Waals surface area contributed by atoms with Gasteiger partial charge in [0, 0.05) is 12.7 Å². The van der Waals surface area contributed by atoms with Gasteiger partial charge in [-0.3, -0.25) is 9.59 Å². The Morgan fingerprint density at radius 2 is 2.00 bits per heavy atom. The molecule has 3 heterocycles. The van der Waals surface area contributed by atoms with Gasteiger partial charge in [-0.05, 0) is 54.6 Å². The van der Waals surface area contributed by atoms with Gasteiger partial charge in [-0.2, -0.15) is 0 Å². The highest BCUT2D eigenvalue weighted by Gasteiger charge is 2.23. The third-order valence-corrected chi connectivity index (χ3v) is 6.70. The van der Waals surface area contributed by atoms with E-state index < -0.39 is 0 Å². The highest BCUT2D eigenvalue weighted by molar-refractivity contribution is 7.05. The molecule has 2 amide bonds. The Bertz CT molecular complexity index is 1180. The number of carbonyl (C=O) groups is 2. The molecule has 0 bridgehead atoms. The van der Waals surface area contributed by atoms with E-state index in [4.69, 9.17) is 4.74 Å². The molecule has 10 heteroatoms. The maximum atomic E-state index is 13.6. The minimum absolute atomic E-state index is 0.0316. The lowest BCUT2D eigenvalue weighted by Gasteiger charge is -2.24. The molecule has 9 nitrogen and oxygen atoms in total. The lowest BCUT2D eigenvalue weighted by Crippen LogP contribution is -2.41. The highest BCUT2D eigenvalue weighted by atomic mass is 32.1. The van der Waals surface area contributed by atoms with Gasteiger partial charge in [-0.15, -0.1) is 5.10 Å². The Labute approximate surface area is 215 Å². The number of pyridine rings is 1. The number of fused-ring (bicyclic) bond motifs is 2. The Kier molecular flexibility index (Phi) is 8.83. The van der Waals surface area contributed by atoms with Crippen LogP contribution in [0.25, 0.3) is 0 Å². The van der Waals surface area contributed by atoms with Gasteiger partial charge < -0.3 is 20.3 Å². The summed E-state index contributed by atoms with van der Waals surface area (Å²) in [6.07, 6.45) is 5.28. The van der Waals surface area contributed by atoms with E-state index >= 15 is 0 Å². The zero-order chi connectivity index (χ0) is 25.3. The summed E-state index contributed by atoms with van der Waals surface area (Å²) in [4.78, 5) is 33.5. The highest BCUT2D eigenvalue weighted by Crippen LogP contribution is 2.29. The number of hydrogen-bond donors (Lipinski definition) is 2. The van der Waals surface area contributed by atoms with Crippen molar-refractivity contribution >= 4 is 34.9 Å². The van der Waals surface area contributed by atoms with E-state index in [0.29, 0.717) is 36.8 Å². The number of amides is 2. The molecule has 1 aromatic carbocycles. The smallest absolute Gasteiger partial charge is 0.258 e. The molecule has 36 heavy (non-hydrogen) atoms. The van der Waals surface area contributed by atoms with E-state index in [1.807, 2.05) is 38.1 Å². The van der Waals surface area contributed by atoms with Crippen LogP contribution >= 0.6 is 11.5 Å². The molecule has 0 saturated carbocycles. The van der Waals surface area contributed by atoms with Gasteiger partial charge in [0.05, 0.1) is 41.5 Å². The maximum absolute atomic E-state index is 13.6. The molecule has 4 rings (SSSR count). The van der Waals surface area contributed by atoms with E-state index in [1.165, 1.54) is 11.5 Å². The Morgan fingerprint density at radius 3 is 2.86 bits per heavy atom. The molecule has 3 aromatic rings. The maximum Gasteiger partial charge on any atom is 0.258 e. The Hall–Kier alpha value is -3.53. The number of hydrogen-bond acceptors (Lipinski definition) is 8. The molecule has 2 aromatic heterocycles. The fourth-order valence-corrected chi connectivity index (χ4v) is 4.78. The van der Waals surface area contributed by atoms with Crippen LogP contribution in [0.4, 0.5) is 11.5 Å². The first-order chi connectivity index (χ1) is 17.5. The van der Waals surface area contributed by atoms with Crippen LogP contribution in [-0.2, 0) is 11.3 Å². The van der Waals surface area contributed by atoms with Crippen LogP contribution < -0.4 is 15.4 Å². The van der Waals surface area contributed by atoms with Gasteiger partial charge in [0.25, 0.3) is 5.91 Å². The summed E-state index contributed by atoms with van der Waals surface area (Å²) in [6.45, 7) is 5.51. The van der Waals surface area contributed by atoms with Gasteiger partial charge in [0.1, 0.15) is 11.6 Å². The van der Waals surface area contributed by atoms with Gasteiger partial charge in [-0.1, -0.05) is 43.3 Å². The molecule has 1 aliphatic rings.